The topological polar surface area (TPSA) is 86.3 Å². The molecule has 0 saturated carbocycles. The average Bonchev–Trinajstić information content (AvgIpc) is 3.46. The quantitative estimate of drug-likeness (QED) is 0.470. The number of fused-ring (bicyclic) bond motifs is 6. The van der Waals surface area contributed by atoms with Crippen molar-refractivity contribution >= 4 is 33.5 Å². The van der Waals surface area contributed by atoms with E-state index in [-0.39, 0.29) is 17.8 Å². The zero-order valence-corrected chi connectivity index (χ0v) is 17.4. The van der Waals surface area contributed by atoms with Crippen molar-refractivity contribution in [2.75, 3.05) is 12.3 Å². The molecule has 4 heterocycles. The number of ether oxygens (including phenoxy) is 1. The Labute approximate surface area is 185 Å². The maximum atomic E-state index is 13.5. The van der Waals surface area contributed by atoms with Crippen LogP contribution in [-0.2, 0) is 13.2 Å². The van der Waals surface area contributed by atoms with Gasteiger partial charge in [-0.1, -0.05) is 6.07 Å². The number of hydrogen-bond acceptors (Lipinski definition) is 5. The molecule has 0 spiro atoms. The molecule has 2 aromatic carbocycles. The van der Waals surface area contributed by atoms with Gasteiger partial charge in [-0.3, -0.25) is 9.48 Å². The van der Waals surface area contributed by atoms with Crippen LogP contribution >= 0.6 is 0 Å². The molecule has 168 valence electrons. The Hall–Kier alpha value is -3.82. The van der Waals surface area contributed by atoms with Crippen molar-refractivity contribution < 1.29 is 22.7 Å². The van der Waals surface area contributed by atoms with Gasteiger partial charge in [0.05, 0.1) is 34.2 Å². The standard InChI is InChI=1S/C23H18F3N5O2/c1-30-19-14-8-11(2-5-16(14)29-21(27)15(19)10-28-30)22(32)31-7-6-17-20(31)13-4-3-12(23(24,25)26)9-18(13)33-17/h2-5,8-10,17,20H,6-7H2,1H3,(H2,27,29)/t17?,20-/m0/s1. The van der Waals surface area contributed by atoms with E-state index < -0.39 is 17.8 Å². The van der Waals surface area contributed by atoms with Crippen LogP contribution in [0.15, 0.2) is 42.6 Å². The first-order valence-electron chi connectivity index (χ1n) is 10.4. The fourth-order valence-electron chi connectivity index (χ4n) is 4.96. The first-order valence-corrected chi connectivity index (χ1v) is 10.4. The molecule has 0 bridgehead atoms. The molecule has 0 radical (unpaired) electrons. The highest BCUT2D eigenvalue weighted by Gasteiger charge is 2.46. The minimum atomic E-state index is -4.45. The molecule has 7 nitrogen and oxygen atoms in total. The van der Waals surface area contributed by atoms with Crippen molar-refractivity contribution in [3.05, 3.63) is 59.3 Å². The molecule has 4 aromatic rings. The van der Waals surface area contributed by atoms with Gasteiger partial charge < -0.3 is 15.4 Å². The summed E-state index contributed by atoms with van der Waals surface area (Å²) in [5.74, 6) is 0.338. The number of carbonyl (C=O) groups excluding carboxylic acids is 1. The summed E-state index contributed by atoms with van der Waals surface area (Å²) in [5.41, 5.74) is 7.77. The Bertz CT molecular complexity index is 1460. The third-order valence-corrected chi connectivity index (χ3v) is 6.50. The van der Waals surface area contributed by atoms with E-state index in [2.05, 4.69) is 10.1 Å². The van der Waals surface area contributed by atoms with Gasteiger partial charge in [0.1, 0.15) is 17.7 Å². The number of likely N-dealkylation sites (tertiary alicyclic amines) is 1. The van der Waals surface area contributed by atoms with E-state index in [4.69, 9.17) is 10.5 Å². The van der Waals surface area contributed by atoms with Gasteiger partial charge in [-0.05, 0) is 30.3 Å². The van der Waals surface area contributed by atoms with E-state index in [0.717, 1.165) is 23.0 Å². The lowest BCUT2D eigenvalue weighted by molar-refractivity contribution is -0.137. The van der Waals surface area contributed by atoms with Crippen LogP contribution in [0.25, 0.3) is 21.8 Å². The Morgan fingerprint density at radius 1 is 1.18 bits per heavy atom. The van der Waals surface area contributed by atoms with E-state index >= 15 is 0 Å². The summed E-state index contributed by atoms with van der Waals surface area (Å²) in [6.07, 6.45) is -2.63. The largest absolute Gasteiger partial charge is 0.487 e. The number of carbonyl (C=O) groups is 1. The Balaban J connectivity index is 1.40. The number of anilines is 1. The minimum Gasteiger partial charge on any atom is -0.487 e. The van der Waals surface area contributed by atoms with Gasteiger partial charge in [0.15, 0.2) is 0 Å². The van der Waals surface area contributed by atoms with E-state index in [0.29, 0.717) is 40.8 Å². The molecule has 33 heavy (non-hydrogen) atoms. The van der Waals surface area contributed by atoms with E-state index in [1.54, 1.807) is 41.0 Å². The Morgan fingerprint density at radius 2 is 2.00 bits per heavy atom. The van der Waals surface area contributed by atoms with Gasteiger partial charge in [-0.25, -0.2) is 4.98 Å². The zero-order valence-electron chi connectivity index (χ0n) is 17.4. The maximum Gasteiger partial charge on any atom is 0.416 e. The summed E-state index contributed by atoms with van der Waals surface area (Å²) in [4.78, 5) is 19.6. The molecule has 1 saturated heterocycles. The number of nitrogens with zero attached hydrogens (tertiary/aromatic N) is 4. The summed E-state index contributed by atoms with van der Waals surface area (Å²) in [6.45, 7) is 0.452. The van der Waals surface area contributed by atoms with Gasteiger partial charge in [0.25, 0.3) is 5.91 Å². The van der Waals surface area contributed by atoms with Gasteiger partial charge in [-0.15, -0.1) is 0 Å². The molecule has 1 unspecified atom stereocenters. The van der Waals surface area contributed by atoms with Crippen LogP contribution in [0, 0.1) is 0 Å². The molecule has 2 N–H and O–H groups in total. The highest BCUT2D eigenvalue weighted by atomic mass is 19.4. The van der Waals surface area contributed by atoms with Gasteiger partial charge >= 0.3 is 6.18 Å². The number of nitrogens with two attached hydrogens (primary N) is 1. The third kappa shape index (κ3) is 2.86. The number of pyridine rings is 1. The molecule has 1 fully saturated rings. The molecule has 10 heteroatoms. The molecule has 0 aliphatic carbocycles. The molecule has 2 aromatic heterocycles. The Morgan fingerprint density at radius 3 is 2.79 bits per heavy atom. The van der Waals surface area contributed by atoms with E-state index in [1.807, 2.05) is 0 Å². The zero-order chi connectivity index (χ0) is 23.1. The first-order chi connectivity index (χ1) is 15.7. The van der Waals surface area contributed by atoms with Crippen LogP contribution in [0.5, 0.6) is 5.75 Å². The summed E-state index contributed by atoms with van der Waals surface area (Å²) in [6, 6.07) is 8.25. The minimum absolute atomic E-state index is 0.187. The fourth-order valence-corrected chi connectivity index (χ4v) is 4.96. The number of alkyl halides is 3. The number of hydrogen-bond donors (Lipinski definition) is 1. The van der Waals surface area contributed by atoms with Crippen molar-refractivity contribution in [1.82, 2.24) is 19.7 Å². The van der Waals surface area contributed by atoms with Crippen molar-refractivity contribution in [2.45, 2.75) is 24.7 Å². The van der Waals surface area contributed by atoms with Crippen LogP contribution in [0.4, 0.5) is 19.0 Å². The summed E-state index contributed by atoms with van der Waals surface area (Å²) >= 11 is 0. The highest BCUT2D eigenvalue weighted by Crippen LogP contribution is 2.47. The first kappa shape index (κ1) is 19.8. The molecule has 2 atom stereocenters. The predicted octanol–water partition coefficient (Wildman–Crippen LogP) is 4.07. The number of amides is 1. The number of aryl methyl sites for hydroxylation is 1. The monoisotopic (exact) mass is 453 g/mol. The lowest BCUT2D eigenvalue weighted by Crippen LogP contribution is -2.32. The smallest absolute Gasteiger partial charge is 0.416 e. The molecule has 6 rings (SSSR count). The summed E-state index contributed by atoms with van der Waals surface area (Å²) < 4.78 is 46.8. The second kappa shape index (κ2) is 6.60. The molecular formula is C23H18F3N5O2. The van der Waals surface area contributed by atoms with Crippen molar-refractivity contribution in [2.24, 2.45) is 7.05 Å². The third-order valence-electron chi connectivity index (χ3n) is 6.50. The number of rotatable bonds is 1. The number of benzene rings is 2. The van der Waals surface area contributed by atoms with Crippen LogP contribution in [0.2, 0.25) is 0 Å². The molecule has 2 aliphatic rings. The van der Waals surface area contributed by atoms with Crippen molar-refractivity contribution in [1.29, 1.82) is 0 Å². The van der Waals surface area contributed by atoms with Gasteiger partial charge in [0.2, 0.25) is 0 Å². The molecular weight excluding hydrogens is 435 g/mol. The van der Waals surface area contributed by atoms with Crippen LogP contribution in [-0.4, -0.2) is 38.2 Å². The second-order valence-corrected chi connectivity index (χ2v) is 8.40. The van der Waals surface area contributed by atoms with Gasteiger partial charge in [0, 0.05) is 36.5 Å². The number of nitrogen functional groups attached to an aromatic ring is 1. The number of aromatic nitrogens is 3. The highest BCUT2D eigenvalue weighted by molar-refractivity contribution is 6.10. The van der Waals surface area contributed by atoms with Crippen LogP contribution in [0.1, 0.15) is 33.9 Å². The van der Waals surface area contributed by atoms with Gasteiger partial charge in [-0.2, -0.15) is 18.3 Å². The normalized spacial score (nSPS) is 19.7. The van der Waals surface area contributed by atoms with Crippen LogP contribution < -0.4 is 10.5 Å². The van der Waals surface area contributed by atoms with Crippen molar-refractivity contribution in [3.63, 3.8) is 0 Å². The van der Waals surface area contributed by atoms with Crippen molar-refractivity contribution in [3.8, 4) is 5.75 Å². The fraction of sp³-hybridized carbons (Fsp3) is 0.261. The second-order valence-electron chi connectivity index (χ2n) is 8.40. The predicted molar refractivity (Wildman–Crippen MR) is 115 cm³/mol. The lowest BCUT2D eigenvalue weighted by atomic mass is 10.0. The maximum absolute atomic E-state index is 13.5. The van der Waals surface area contributed by atoms with Crippen LogP contribution in [0.3, 0.4) is 0 Å². The number of halogens is 3. The summed E-state index contributed by atoms with van der Waals surface area (Å²) in [7, 11) is 1.79. The lowest BCUT2D eigenvalue weighted by Gasteiger charge is -2.23. The molecule has 1 amide bonds. The average molecular weight is 453 g/mol. The SMILES string of the molecule is Cn1ncc2c(N)nc3ccc(C(=O)N4CCC5Oc6cc(C(F)(F)F)ccc6[C@@H]54)cc3c21. The Kier molecular flexibility index (Phi) is 3.96. The van der Waals surface area contributed by atoms with E-state index in [1.165, 1.54) is 6.07 Å². The summed E-state index contributed by atoms with van der Waals surface area (Å²) in [5, 5.41) is 5.71. The van der Waals surface area contributed by atoms with E-state index in [9.17, 15) is 18.0 Å². The molecule has 2 aliphatic heterocycles.